The maximum absolute atomic E-state index is 13.6. The Hall–Kier alpha value is -4.09. The summed E-state index contributed by atoms with van der Waals surface area (Å²) in [4.78, 5) is 13.6. The molecule has 0 fully saturated rings. The van der Waals surface area contributed by atoms with Gasteiger partial charge in [-0.1, -0.05) is 67.6 Å². The average molecular weight is 469 g/mol. The van der Waals surface area contributed by atoms with Crippen molar-refractivity contribution in [1.29, 1.82) is 0 Å². The van der Waals surface area contributed by atoms with Crippen LogP contribution in [0.3, 0.4) is 0 Å². The van der Waals surface area contributed by atoms with Crippen molar-refractivity contribution < 1.29 is 23.7 Å². The molecule has 5 nitrogen and oxygen atoms in total. The van der Waals surface area contributed by atoms with E-state index in [1.165, 1.54) is 7.11 Å². The van der Waals surface area contributed by atoms with Crippen LogP contribution in [0.1, 0.15) is 29.3 Å². The Morgan fingerprint density at radius 1 is 0.686 bits per heavy atom. The van der Waals surface area contributed by atoms with Crippen molar-refractivity contribution >= 4 is 5.78 Å². The fourth-order valence-electron chi connectivity index (χ4n) is 3.63. The highest BCUT2D eigenvalue weighted by atomic mass is 16.7. The predicted molar refractivity (Wildman–Crippen MR) is 135 cm³/mol. The molecule has 0 aromatic heterocycles. The molecule has 0 heterocycles. The zero-order valence-corrected chi connectivity index (χ0v) is 19.8. The van der Waals surface area contributed by atoms with Gasteiger partial charge in [0.25, 0.3) is 0 Å². The molecular formula is C30H28O5. The number of ketones is 1. The van der Waals surface area contributed by atoms with E-state index in [9.17, 15) is 4.79 Å². The molecule has 0 bridgehead atoms. The summed E-state index contributed by atoms with van der Waals surface area (Å²) < 4.78 is 23.6. The van der Waals surface area contributed by atoms with E-state index < -0.39 is 5.79 Å². The van der Waals surface area contributed by atoms with Gasteiger partial charge in [-0.15, -0.1) is 0 Å². The van der Waals surface area contributed by atoms with Crippen LogP contribution in [0.25, 0.3) is 0 Å². The first-order valence-corrected chi connectivity index (χ1v) is 11.5. The van der Waals surface area contributed by atoms with E-state index in [4.69, 9.17) is 18.9 Å². The van der Waals surface area contributed by atoms with Gasteiger partial charge in [-0.25, -0.2) is 0 Å². The molecule has 1 atom stereocenters. The van der Waals surface area contributed by atoms with E-state index in [1.807, 2.05) is 72.8 Å². The molecule has 4 aromatic carbocycles. The summed E-state index contributed by atoms with van der Waals surface area (Å²) in [6, 6.07) is 32.7. The van der Waals surface area contributed by atoms with Crippen molar-refractivity contribution in [1.82, 2.24) is 0 Å². The second kappa shape index (κ2) is 11.4. The first kappa shape index (κ1) is 24.0. The van der Waals surface area contributed by atoms with Crippen molar-refractivity contribution in [2.45, 2.75) is 19.1 Å². The molecule has 0 aliphatic heterocycles. The maximum Gasteiger partial charge on any atom is 0.302 e. The van der Waals surface area contributed by atoms with Gasteiger partial charge in [0, 0.05) is 18.2 Å². The van der Waals surface area contributed by atoms with Crippen molar-refractivity contribution in [3.05, 3.63) is 120 Å². The monoisotopic (exact) mass is 468 g/mol. The molecule has 0 radical (unpaired) electrons. The van der Waals surface area contributed by atoms with Crippen LogP contribution in [0.5, 0.6) is 23.0 Å². The Balaban J connectivity index is 1.55. The highest BCUT2D eigenvalue weighted by Gasteiger charge is 2.44. The molecule has 0 N–H and O–H groups in total. The summed E-state index contributed by atoms with van der Waals surface area (Å²) in [5.41, 5.74) is 1.09. The molecule has 4 rings (SSSR count). The Morgan fingerprint density at radius 2 is 1.20 bits per heavy atom. The highest BCUT2D eigenvalue weighted by molar-refractivity contribution is 6.02. The fraction of sp³-hybridized carbons (Fsp3) is 0.167. The molecule has 0 spiro atoms. The molecule has 4 aromatic rings. The largest absolute Gasteiger partial charge is 0.494 e. The van der Waals surface area contributed by atoms with Gasteiger partial charge >= 0.3 is 5.79 Å². The summed E-state index contributed by atoms with van der Waals surface area (Å²) >= 11 is 0. The zero-order valence-electron chi connectivity index (χ0n) is 19.8. The first-order chi connectivity index (χ1) is 17.1. The minimum Gasteiger partial charge on any atom is -0.494 e. The number of hydrogen-bond donors (Lipinski definition) is 0. The fourth-order valence-corrected chi connectivity index (χ4v) is 3.63. The van der Waals surface area contributed by atoms with Crippen molar-refractivity contribution in [2.75, 3.05) is 13.7 Å². The number of carbonyl (C=O) groups is 1. The number of benzene rings is 4. The Bertz CT molecular complexity index is 1210. The van der Waals surface area contributed by atoms with Crippen LogP contribution in [0.15, 0.2) is 109 Å². The maximum atomic E-state index is 13.6. The lowest BCUT2D eigenvalue weighted by Gasteiger charge is -2.32. The van der Waals surface area contributed by atoms with Crippen molar-refractivity contribution in [3.8, 4) is 23.0 Å². The summed E-state index contributed by atoms with van der Waals surface area (Å²) in [5.74, 6) is 0.671. The standard InChI is InChI=1S/C30H28O5/c1-3-22-33-25-14-16-26(17-15-25)34-27-18-20-28(21-19-27)35-30(32-2,24-12-8-5-9-13-24)29(31)23-10-6-4-7-11-23/h4-21H,3,22H2,1-2H3. The topological polar surface area (TPSA) is 54.0 Å². The molecule has 0 saturated carbocycles. The number of rotatable bonds is 11. The number of carbonyl (C=O) groups excluding carboxylic acids is 1. The zero-order chi connectivity index (χ0) is 24.5. The number of ether oxygens (including phenoxy) is 4. The van der Waals surface area contributed by atoms with E-state index in [2.05, 4.69) is 6.92 Å². The lowest BCUT2D eigenvalue weighted by Crippen LogP contribution is -2.43. The summed E-state index contributed by atoms with van der Waals surface area (Å²) in [6.07, 6.45) is 0.957. The van der Waals surface area contributed by atoms with Gasteiger partial charge in [0.1, 0.15) is 23.0 Å². The summed E-state index contributed by atoms with van der Waals surface area (Å²) in [6.45, 7) is 2.75. The van der Waals surface area contributed by atoms with Crippen molar-refractivity contribution in [3.63, 3.8) is 0 Å². The number of Topliss-reactive ketones (excluding diaryl/α,β-unsaturated/α-hetero) is 1. The number of methoxy groups -OCH3 is 1. The average Bonchev–Trinajstić information content (AvgIpc) is 2.93. The minimum atomic E-state index is -1.64. The number of hydrogen-bond acceptors (Lipinski definition) is 5. The molecule has 1 unspecified atom stereocenters. The molecular weight excluding hydrogens is 440 g/mol. The minimum absolute atomic E-state index is 0.294. The normalized spacial score (nSPS) is 12.4. The Morgan fingerprint density at radius 3 is 1.74 bits per heavy atom. The van der Waals surface area contributed by atoms with Gasteiger partial charge in [0.05, 0.1) is 6.61 Å². The van der Waals surface area contributed by atoms with Gasteiger partial charge in [0.15, 0.2) is 0 Å². The third kappa shape index (κ3) is 5.70. The van der Waals surface area contributed by atoms with Crippen LogP contribution in [0, 0.1) is 0 Å². The van der Waals surface area contributed by atoms with E-state index in [-0.39, 0.29) is 5.78 Å². The van der Waals surface area contributed by atoms with Crippen LogP contribution in [0.2, 0.25) is 0 Å². The van der Waals surface area contributed by atoms with E-state index in [1.54, 1.807) is 36.4 Å². The Labute approximate surface area is 205 Å². The molecule has 0 amide bonds. The van der Waals surface area contributed by atoms with E-state index >= 15 is 0 Å². The van der Waals surface area contributed by atoms with Gasteiger partial charge in [-0.3, -0.25) is 4.79 Å². The third-order valence-corrected chi connectivity index (χ3v) is 5.39. The van der Waals surface area contributed by atoms with Gasteiger partial charge in [-0.05, 0) is 55.0 Å². The van der Waals surface area contributed by atoms with E-state index in [0.717, 1.165) is 12.2 Å². The highest BCUT2D eigenvalue weighted by Crippen LogP contribution is 2.34. The quantitative estimate of drug-likeness (QED) is 0.175. The lowest BCUT2D eigenvalue weighted by atomic mass is 9.95. The molecule has 35 heavy (non-hydrogen) atoms. The molecule has 0 saturated heterocycles. The summed E-state index contributed by atoms with van der Waals surface area (Å²) in [5, 5.41) is 0. The smallest absolute Gasteiger partial charge is 0.302 e. The SMILES string of the molecule is CCCOc1ccc(Oc2ccc(OC(OC)(C(=O)c3ccccc3)c3ccccc3)cc2)cc1. The first-order valence-electron chi connectivity index (χ1n) is 11.5. The second-order valence-corrected chi connectivity index (χ2v) is 7.88. The molecule has 178 valence electrons. The van der Waals surface area contributed by atoms with Crippen LogP contribution < -0.4 is 14.2 Å². The van der Waals surface area contributed by atoms with Gasteiger partial charge in [-0.2, -0.15) is 0 Å². The van der Waals surface area contributed by atoms with E-state index in [0.29, 0.717) is 35.0 Å². The van der Waals surface area contributed by atoms with Gasteiger partial charge in [0.2, 0.25) is 5.78 Å². The Kier molecular flexibility index (Phi) is 7.81. The van der Waals surface area contributed by atoms with Crippen LogP contribution in [0.4, 0.5) is 0 Å². The summed E-state index contributed by atoms with van der Waals surface area (Å²) in [7, 11) is 1.47. The van der Waals surface area contributed by atoms with Crippen LogP contribution in [-0.2, 0) is 10.5 Å². The van der Waals surface area contributed by atoms with Gasteiger partial charge < -0.3 is 18.9 Å². The third-order valence-electron chi connectivity index (χ3n) is 5.39. The predicted octanol–water partition coefficient (Wildman–Crippen LogP) is 7.03. The molecule has 0 aliphatic carbocycles. The second-order valence-electron chi connectivity index (χ2n) is 7.88. The lowest BCUT2D eigenvalue weighted by molar-refractivity contribution is -0.134. The van der Waals surface area contributed by atoms with Crippen molar-refractivity contribution in [2.24, 2.45) is 0 Å². The molecule has 5 heteroatoms. The van der Waals surface area contributed by atoms with Crippen LogP contribution >= 0.6 is 0 Å². The molecule has 0 aliphatic rings. The van der Waals surface area contributed by atoms with Crippen LogP contribution in [-0.4, -0.2) is 19.5 Å².